The second-order valence-corrected chi connectivity index (χ2v) is 4.00. The number of nitrogens with zero attached hydrogens (tertiary/aromatic N) is 2. The number of aromatic nitrogens is 1. The van der Waals surface area contributed by atoms with Crippen LogP contribution >= 0.6 is 0 Å². The third-order valence-corrected chi connectivity index (χ3v) is 3.00. The van der Waals surface area contributed by atoms with Crippen LogP contribution in [0.3, 0.4) is 0 Å². The smallest absolute Gasteiger partial charge is 0.409 e. The highest BCUT2D eigenvalue weighted by Crippen LogP contribution is 2.29. The predicted octanol–water partition coefficient (Wildman–Crippen LogP) is 1.36. The van der Waals surface area contributed by atoms with E-state index in [2.05, 4.69) is 4.98 Å². The molecule has 18 heavy (non-hydrogen) atoms. The van der Waals surface area contributed by atoms with E-state index in [4.69, 9.17) is 14.2 Å². The quantitative estimate of drug-likeness (QED) is 0.795. The molecule has 1 aliphatic heterocycles. The maximum atomic E-state index is 11.5. The fourth-order valence-electron chi connectivity index (χ4n) is 1.97. The molecule has 0 saturated heterocycles. The first kappa shape index (κ1) is 12.6. The number of pyridine rings is 1. The van der Waals surface area contributed by atoms with Gasteiger partial charge in [0.15, 0.2) is 0 Å². The normalized spacial score (nSPS) is 17.8. The Kier molecular flexibility index (Phi) is 3.66. The summed E-state index contributed by atoms with van der Waals surface area (Å²) in [6.45, 7) is 0.866. The Hall–Kier alpha value is -1.82. The van der Waals surface area contributed by atoms with Gasteiger partial charge in [-0.1, -0.05) is 0 Å². The van der Waals surface area contributed by atoms with Gasteiger partial charge in [-0.3, -0.25) is 0 Å². The van der Waals surface area contributed by atoms with Gasteiger partial charge in [0, 0.05) is 18.7 Å². The van der Waals surface area contributed by atoms with Gasteiger partial charge < -0.3 is 19.1 Å². The fraction of sp³-hybridized carbons (Fsp3) is 0.500. The van der Waals surface area contributed by atoms with E-state index < -0.39 is 6.09 Å². The van der Waals surface area contributed by atoms with Crippen molar-refractivity contribution in [3.05, 3.63) is 23.4 Å². The third kappa shape index (κ3) is 2.24. The molecule has 0 N–H and O–H groups in total. The first-order valence-electron chi connectivity index (χ1n) is 5.59. The number of amides is 1. The number of rotatable bonds is 2. The standard InChI is InChI=1S/C12H16N2O4/c1-14(12(15)17-3)10-7-18-6-9-8(10)4-5-11(13-9)16-2/h4-5,10H,6-7H2,1-3H3/t10-/m0/s1. The summed E-state index contributed by atoms with van der Waals surface area (Å²) in [5.74, 6) is 0.540. The number of methoxy groups -OCH3 is 2. The maximum absolute atomic E-state index is 11.5. The largest absolute Gasteiger partial charge is 0.481 e. The zero-order chi connectivity index (χ0) is 13.1. The highest BCUT2D eigenvalue weighted by atomic mass is 16.5. The van der Waals surface area contributed by atoms with Gasteiger partial charge in [0.2, 0.25) is 5.88 Å². The van der Waals surface area contributed by atoms with Crippen LogP contribution in [0, 0.1) is 0 Å². The monoisotopic (exact) mass is 252 g/mol. The average Bonchev–Trinajstić information content (AvgIpc) is 2.44. The lowest BCUT2D eigenvalue weighted by Gasteiger charge is -2.31. The number of carbonyl (C=O) groups is 1. The zero-order valence-corrected chi connectivity index (χ0v) is 10.7. The summed E-state index contributed by atoms with van der Waals surface area (Å²) in [6.07, 6.45) is -0.396. The maximum Gasteiger partial charge on any atom is 0.409 e. The van der Waals surface area contributed by atoms with Crippen LogP contribution < -0.4 is 4.74 Å². The fourth-order valence-corrected chi connectivity index (χ4v) is 1.97. The summed E-state index contributed by atoms with van der Waals surface area (Å²) >= 11 is 0. The Morgan fingerprint density at radius 2 is 2.28 bits per heavy atom. The van der Waals surface area contributed by atoms with Crippen LogP contribution in [0.1, 0.15) is 17.3 Å². The van der Waals surface area contributed by atoms with Gasteiger partial charge in [0.05, 0.1) is 39.2 Å². The molecule has 2 heterocycles. The minimum Gasteiger partial charge on any atom is -0.481 e. The predicted molar refractivity (Wildman–Crippen MR) is 63.4 cm³/mol. The van der Waals surface area contributed by atoms with Gasteiger partial charge in [-0.15, -0.1) is 0 Å². The molecule has 0 radical (unpaired) electrons. The molecule has 0 saturated carbocycles. The summed E-state index contributed by atoms with van der Waals surface area (Å²) in [5.41, 5.74) is 1.76. The third-order valence-electron chi connectivity index (χ3n) is 3.00. The van der Waals surface area contributed by atoms with Crippen LogP contribution in [0.15, 0.2) is 12.1 Å². The van der Waals surface area contributed by atoms with Gasteiger partial charge in [-0.2, -0.15) is 0 Å². The van der Waals surface area contributed by atoms with Crippen LogP contribution in [-0.2, 0) is 16.1 Å². The molecule has 1 amide bonds. The van der Waals surface area contributed by atoms with E-state index in [0.717, 1.165) is 11.3 Å². The molecular formula is C12H16N2O4. The van der Waals surface area contributed by atoms with Crippen LogP contribution in [0.5, 0.6) is 5.88 Å². The van der Waals surface area contributed by atoms with E-state index in [1.165, 1.54) is 12.0 Å². The van der Waals surface area contributed by atoms with E-state index in [0.29, 0.717) is 19.1 Å². The summed E-state index contributed by atoms with van der Waals surface area (Å²) in [5, 5.41) is 0. The Morgan fingerprint density at radius 1 is 1.50 bits per heavy atom. The number of ether oxygens (including phenoxy) is 3. The number of likely N-dealkylation sites (N-methyl/N-ethyl adjacent to an activating group) is 1. The summed E-state index contributed by atoms with van der Waals surface area (Å²) in [4.78, 5) is 17.4. The lowest BCUT2D eigenvalue weighted by molar-refractivity contribution is 0.0357. The van der Waals surface area contributed by atoms with Crippen molar-refractivity contribution in [2.24, 2.45) is 0 Å². The molecular weight excluding hydrogens is 236 g/mol. The lowest BCUT2D eigenvalue weighted by atomic mass is 10.0. The lowest BCUT2D eigenvalue weighted by Crippen LogP contribution is -2.36. The Labute approximate surface area is 105 Å². The molecule has 0 bridgehead atoms. The number of fused-ring (bicyclic) bond motifs is 1. The SMILES string of the molecule is COC(=O)N(C)[C@H]1COCc2nc(OC)ccc21. The summed E-state index contributed by atoms with van der Waals surface area (Å²) < 4.78 is 15.2. The molecule has 98 valence electrons. The van der Waals surface area contributed by atoms with Crippen molar-refractivity contribution in [1.82, 2.24) is 9.88 Å². The molecule has 0 unspecified atom stereocenters. The number of carbonyl (C=O) groups excluding carboxylic acids is 1. The highest BCUT2D eigenvalue weighted by Gasteiger charge is 2.28. The van der Waals surface area contributed by atoms with E-state index in [9.17, 15) is 4.79 Å². The first-order valence-corrected chi connectivity index (χ1v) is 5.59. The van der Waals surface area contributed by atoms with E-state index in [1.54, 1.807) is 20.2 Å². The molecule has 1 aromatic rings. The zero-order valence-electron chi connectivity index (χ0n) is 10.7. The topological polar surface area (TPSA) is 60.9 Å². The Bertz CT molecular complexity index is 450. The number of hydrogen-bond acceptors (Lipinski definition) is 5. The first-order chi connectivity index (χ1) is 8.67. The molecule has 1 aromatic heterocycles. The van der Waals surface area contributed by atoms with Crippen molar-refractivity contribution in [3.8, 4) is 5.88 Å². The van der Waals surface area contributed by atoms with Gasteiger partial charge >= 0.3 is 6.09 Å². The molecule has 0 aromatic carbocycles. The average molecular weight is 252 g/mol. The van der Waals surface area contributed by atoms with Crippen LogP contribution in [0.2, 0.25) is 0 Å². The minimum absolute atomic E-state index is 0.181. The molecule has 0 fully saturated rings. The van der Waals surface area contributed by atoms with E-state index >= 15 is 0 Å². The van der Waals surface area contributed by atoms with Crippen molar-refractivity contribution in [3.63, 3.8) is 0 Å². The van der Waals surface area contributed by atoms with Crippen LogP contribution in [0.25, 0.3) is 0 Å². The van der Waals surface area contributed by atoms with Gasteiger partial charge in [-0.25, -0.2) is 9.78 Å². The van der Waals surface area contributed by atoms with Gasteiger partial charge in [0.1, 0.15) is 0 Å². The number of hydrogen-bond donors (Lipinski definition) is 0. The molecule has 0 spiro atoms. The second-order valence-electron chi connectivity index (χ2n) is 4.00. The summed E-state index contributed by atoms with van der Waals surface area (Å²) in [6, 6.07) is 3.51. The van der Waals surface area contributed by atoms with Crippen LogP contribution in [0.4, 0.5) is 4.79 Å². The van der Waals surface area contributed by atoms with Crippen LogP contribution in [-0.4, -0.2) is 43.9 Å². The minimum atomic E-state index is -0.396. The molecule has 1 aliphatic rings. The Balaban J connectivity index is 2.30. The van der Waals surface area contributed by atoms with Crippen molar-refractivity contribution < 1.29 is 19.0 Å². The molecule has 1 atom stereocenters. The second kappa shape index (κ2) is 5.22. The van der Waals surface area contributed by atoms with E-state index in [-0.39, 0.29) is 6.04 Å². The van der Waals surface area contributed by atoms with Gasteiger partial charge in [-0.05, 0) is 6.07 Å². The van der Waals surface area contributed by atoms with Crippen molar-refractivity contribution in [2.45, 2.75) is 12.6 Å². The van der Waals surface area contributed by atoms with Crippen molar-refractivity contribution in [1.29, 1.82) is 0 Å². The molecule has 6 nitrogen and oxygen atoms in total. The molecule has 2 rings (SSSR count). The highest BCUT2D eigenvalue weighted by molar-refractivity contribution is 5.68. The molecule has 0 aliphatic carbocycles. The van der Waals surface area contributed by atoms with Crippen molar-refractivity contribution >= 4 is 6.09 Å². The summed E-state index contributed by atoms with van der Waals surface area (Å²) in [7, 11) is 4.60. The molecule has 6 heteroatoms. The van der Waals surface area contributed by atoms with E-state index in [1.807, 2.05) is 6.07 Å². The van der Waals surface area contributed by atoms with Crippen molar-refractivity contribution in [2.75, 3.05) is 27.9 Å². The Morgan fingerprint density at radius 3 is 2.94 bits per heavy atom. The van der Waals surface area contributed by atoms with Gasteiger partial charge in [0.25, 0.3) is 0 Å².